The molecule has 0 saturated heterocycles. The van der Waals surface area contributed by atoms with E-state index in [9.17, 15) is 9.18 Å². The lowest BCUT2D eigenvalue weighted by atomic mass is 10.2. The highest BCUT2D eigenvalue weighted by molar-refractivity contribution is 7.16. The maximum Gasteiger partial charge on any atom is 0.279 e. The summed E-state index contributed by atoms with van der Waals surface area (Å²) in [6, 6.07) is 9.05. The van der Waals surface area contributed by atoms with Gasteiger partial charge in [-0.2, -0.15) is 4.99 Å². The summed E-state index contributed by atoms with van der Waals surface area (Å²) in [6.07, 6.45) is 0. The van der Waals surface area contributed by atoms with E-state index in [1.807, 2.05) is 23.6 Å². The van der Waals surface area contributed by atoms with Gasteiger partial charge in [-0.25, -0.2) is 4.39 Å². The van der Waals surface area contributed by atoms with Crippen LogP contribution in [0.5, 0.6) is 11.5 Å². The molecule has 0 aliphatic heterocycles. The van der Waals surface area contributed by atoms with Gasteiger partial charge in [0.25, 0.3) is 5.91 Å². The van der Waals surface area contributed by atoms with Gasteiger partial charge >= 0.3 is 0 Å². The van der Waals surface area contributed by atoms with E-state index in [-0.39, 0.29) is 0 Å². The number of ether oxygens (including phenoxy) is 3. The number of rotatable bonds is 7. The molecule has 6 nitrogen and oxygen atoms in total. The fraction of sp³-hybridized carbons (Fsp3) is 0.300. The smallest absolute Gasteiger partial charge is 0.279 e. The summed E-state index contributed by atoms with van der Waals surface area (Å²) in [5, 5.41) is 0. The number of hydrogen-bond acceptors (Lipinski definition) is 5. The summed E-state index contributed by atoms with van der Waals surface area (Å²) >= 11 is 1.37. The van der Waals surface area contributed by atoms with Gasteiger partial charge in [-0.3, -0.25) is 4.79 Å². The van der Waals surface area contributed by atoms with E-state index in [1.54, 1.807) is 14.2 Å². The van der Waals surface area contributed by atoms with Crippen LogP contribution in [0.15, 0.2) is 41.4 Å². The minimum atomic E-state index is -0.435. The fourth-order valence-electron chi connectivity index (χ4n) is 2.74. The average molecular weight is 404 g/mol. The number of thiazole rings is 1. The molecular weight excluding hydrogens is 383 g/mol. The van der Waals surface area contributed by atoms with Gasteiger partial charge in [0.1, 0.15) is 5.82 Å². The Balaban J connectivity index is 2.12. The summed E-state index contributed by atoms with van der Waals surface area (Å²) in [6.45, 7) is 3.53. The van der Waals surface area contributed by atoms with Crippen LogP contribution in [0.3, 0.4) is 0 Å². The zero-order valence-electron chi connectivity index (χ0n) is 15.9. The molecule has 28 heavy (non-hydrogen) atoms. The first kappa shape index (κ1) is 20.0. The number of halogens is 1. The largest absolute Gasteiger partial charge is 0.493 e. The number of carbonyl (C=O) groups is 1. The number of hydrogen-bond donors (Lipinski definition) is 0. The Bertz CT molecular complexity index is 1040. The quantitative estimate of drug-likeness (QED) is 0.564. The second kappa shape index (κ2) is 8.99. The average Bonchev–Trinajstić information content (AvgIpc) is 3.03. The summed E-state index contributed by atoms with van der Waals surface area (Å²) in [5.74, 6) is 0.360. The van der Waals surface area contributed by atoms with Gasteiger partial charge in [0.05, 0.1) is 31.0 Å². The predicted octanol–water partition coefficient (Wildman–Crippen LogP) is 3.64. The first-order chi connectivity index (χ1) is 13.6. The maximum absolute atomic E-state index is 13.1. The van der Waals surface area contributed by atoms with Crippen molar-refractivity contribution < 1.29 is 23.4 Å². The zero-order chi connectivity index (χ0) is 20.1. The number of methoxy groups -OCH3 is 2. The van der Waals surface area contributed by atoms with Crippen LogP contribution in [-0.2, 0) is 11.3 Å². The zero-order valence-corrected chi connectivity index (χ0v) is 16.7. The van der Waals surface area contributed by atoms with Gasteiger partial charge in [0.2, 0.25) is 0 Å². The second-order valence-corrected chi connectivity index (χ2v) is 6.84. The summed E-state index contributed by atoms with van der Waals surface area (Å²) in [4.78, 5) is 17.4. The van der Waals surface area contributed by atoms with Crippen LogP contribution in [0.2, 0.25) is 0 Å². The molecule has 0 fully saturated rings. The number of fused-ring (bicyclic) bond motifs is 1. The normalized spacial score (nSPS) is 11.8. The van der Waals surface area contributed by atoms with E-state index >= 15 is 0 Å². The number of amides is 1. The molecule has 0 saturated carbocycles. The molecule has 0 unspecified atom stereocenters. The lowest BCUT2D eigenvalue weighted by Crippen LogP contribution is -2.19. The van der Waals surface area contributed by atoms with E-state index in [0.29, 0.717) is 41.6 Å². The third-order valence-corrected chi connectivity index (χ3v) is 5.18. The van der Waals surface area contributed by atoms with Crippen molar-refractivity contribution in [1.82, 2.24) is 4.57 Å². The molecule has 1 amide bonds. The topological polar surface area (TPSA) is 62.1 Å². The van der Waals surface area contributed by atoms with Gasteiger partial charge in [0, 0.05) is 30.8 Å². The van der Waals surface area contributed by atoms with Crippen molar-refractivity contribution in [2.45, 2.75) is 13.5 Å². The molecule has 1 heterocycles. The Morgan fingerprint density at radius 2 is 1.82 bits per heavy atom. The third-order valence-electron chi connectivity index (χ3n) is 4.14. The summed E-state index contributed by atoms with van der Waals surface area (Å²) in [5.41, 5.74) is 1.19. The Labute approximate surface area is 165 Å². The molecular formula is C20H21FN2O4S. The molecule has 0 radical (unpaired) electrons. The van der Waals surface area contributed by atoms with Crippen molar-refractivity contribution in [2.75, 3.05) is 27.4 Å². The van der Waals surface area contributed by atoms with Crippen LogP contribution >= 0.6 is 11.3 Å². The van der Waals surface area contributed by atoms with Crippen molar-refractivity contribution in [3.8, 4) is 11.5 Å². The van der Waals surface area contributed by atoms with Gasteiger partial charge in [-0.15, -0.1) is 0 Å². The molecule has 0 bridgehead atoms. The van der Waals surface area contributed by atoms with Crippen LogP contribution in [0, 0.1) is 5.82 Å². The Kier molecular flexibility index (Phi) is 6.43. The van der Waals surface area contributed by atoms with Crippen LogP contribution in [0.25, 0.3) is 10.2 Å². The molecule has 8 heteroatoms. The monoisotopic (exact) mass is 404 g/mol. The highest BCUT2D eigenvalue weighted by atomic mass is 32.1. The van der Waals surface area contributed by atoms with Gasteiger partial charge < -0.3 is 18.8 Å². The van der Waals surface area contributed by atoms with Gasteiger partial charge in [0.15, 0.2) is 16.3 Å². The second-order valence-electron chi connectivity index (χ2n) is 5.83. The molecule has 1 aromatic heterocycles. The van der Waals surface area contributed by atoms with Crippen molar-refractivity contribution in [3.63, 3.8) is 0 Å². The van der Waals surface area contributed by atoms with Crippen LogP contribution in [0.4, 0.5) is 4.39 Å². The molecule has 0 aliphatic carbocycles. The highest BCUT2D eigenvalue weighted by Crippen LogP contribution is 2.33. The molecule has 2 aromatic carbocycles. The Hall–Kier alpha value is -2.71. The maximum atomic E-state index is 13.1. The van der Waals surface area contributed by atoms with E-state index in [4.69, 9.17) is 14.2 Å². The van der Waals surface area contributed by atoms with Crippen molar-refractivity contribution in [2.24, 2.45) is 4.99 Å². The number of aromatic nitrogens is 1. The standard InChI is InChI=1S/C20H21FN2O4S/c1-4-27-10-9-23-15-11-16(25-2)17(26-3)12-18(15)28-20(23)22-19(24)13-5-7-14(21)8-6-13/h5-8,11-12H,4,9-10H2,1-3H3. The number of benzene rings is 2. The molecule has 0 atom stereocenters. The van der Waals surface area contributed by atoms with Gasteiger partial charge in [-0.05, 0) is 31.2 Å². The SMILES string of the molecule is CCOCCn1c(=NC(=O)c2ccc(F)cc2)sc2cc(OC)c(OC)cc21. The Morgan fingerprint density at radius 1 is 1.14 bits per heavy atom. The number of carbonyl (C=O) groups excluding carboxylic acids is 1. The Morgan fingerprint density at radius 3 is 2.46 bits per heavy atom. The molecule has 0 N–H and O–H groups in total. The summed E-state index contributed by atoms with van der Waals surface area (Å²) < 4.78 is 32.2. The minimum absolute atomic E-state index is 0.324. The molecule has 0 aliphatic rings. The van der Waals surface area contributed by atoms with E-state index in [0.717, 1.165) is 10.2 Å². The van der Waals surface area contributed by atoms with Crippen LogP contribution < -0.4 is 14.3 Å². The highest BCUT2D eigenvalue weighted by Gasteiger charge is 2.14. The first-order valence-electron chi connectivity index (χ1n) is 8.75. The fourth-order valence-corrected chi connectivity index (χ4v) is 3.81. The number of nitrogens with zero attached hydrogens (tertiary/aromatic N) is 2. The van der Waals surface area contributed by atoms with Crippen LogP contribution in [0.1, 0.15) is 17.3 Å². The van der Waals surface area contributed by atoms with Gasteiger partial charge in [-0.1, -0.05) is 11.3 Å². The van der Waals surface area contributed by atoms with E-state index in [2.05, 4.69) is 4.99 Å². The molecule has 3 aromatic rings. The predicted molar refractivity (Wildman–Crippen MR) is 106 cm³/mol. The lowest BCUT2D eigenvalue weighted by molar-refractivity contribution is 0.0996. The van der Waals surface area contributed by atoms with Crippen molar-refractivity contribution >= 4 is 27.5 Å². The van der Waals surface area contributed by atoms with E-state index in [1.165, 1.54) is 35.6 Å². The van der Waals surface area contributed by atoms with Crippen molar-refractivity contribution in [3.05, 3.63) is 52.6 Å². The lowest BCUT2D eigenvalue weighted by Gasteiger charge is -2.09. The first-order valence-corrected chi connectivity index (χ1v) is 9.56. The molecule has 0 spiro atoms. The third kappa shape index (κ3) is 4.23. The van der Waals surface area contributed by atoms with Crippen LogP contribution in [-0.4, -0.2) is 37.9 Å². The van der Waals surface area contributed by atoms with Crippen molar-refractivity contribution in [1.29, 1.82) is 0 Å². The van der Waals surface area contributed by atoms with E-state index < -0.39 is 11.7 Å². The molecule has 148 valence electrons. The summed E-state index contributed by atoms with van der Waals surface area (Å²) in [7, 11) is 3.15. The molecule has 3 rings (SSSR count). The minimum Gasteiger partial charge on any atom is -0.493 e.